The zero-order valence-corrected chi connectivity index (χ0v) is 18.3. The van der Waals surface area contributed by atoms with Crippen molar-refractivity contribution in [3.05, 3.63) is 0 Å². The van der Waals surface area contributed by atoms with Gasteiger partial charge in [-0.2, -0.15) is 0 Å². The summed E-state index contributed by atoms with van der Waals surface area (Å²) >= 11 is 0. The molecular formula is C12H34Br2MgN4+4. The van der Waals surface area contributed by atoms with Gasteiger partial charge in [0, 0.05) is 0 Å². The molecule has 0 atom stereocenters. The molecule has 0 radical (unpaired) electrons. The summed E-state index contributed by atoms with van der Waals surface area (Å²) in [5.41, 5.74) is 0. The van der Waals surface area contributed by atoms with Crippen LogP contribution in [0.15, 0.2) is 0 Å². The van der Waals surface area contributed by atoms with Gasteiger partial charge in [0.05, 0.1) is 42.3 Å². The van der Waals surface area contributed by atoms with E-state index in [-0.39, 0.29) is 57.0 Å². The van der Waals surface area contributed by atoms with Gasteiger partial charge < -0.3 is 53.6 Å². The van der Waals surface area contributed by atoms with Crippen LogP contribution in [-0.4, -0.2) is 105 Å². The SMILES string of the molecule is C[NH+](C)CC[NH+](CC[NH+](C)C)CC[NH+](C)C.[Br-].[Br-].[Mg+2]. The summed E-state index contributed by atoms with van der Waals surface area (Å²) in [6.07, 6.45) is 0. The summed E-state index contributed by atoms with van der Waals surface area (Å²) in [5.74, 6) is 0. The van der Waals surface area contributed by atoms with Crippen molar-refractivity contribution in [3.8, 4) is 0 Å². The summed E-state index contributed by atoms with van der Waals surface area (Å²) in [5, 5.41) is 0. The van der Waals surface area contributed by atoms with Gasteiger partial charge in [-0.25, -0.2) is 0 Å². The van der Waals surface area contributed by atoms with Gasteiger partial charge in [0.15, 0.2) is 0 Å². The van der Waals surface area contributed by atoms with Gasteiger partial charge >= 0.3 is 23.1 Å². The van der Waals surface area contributed by atoms with Gasteiger partial charge in [0.2, 0.25) is 0 Å². The third kappa shape index (κ3) is 22.0. The van der Waals surface area contributed by atoms with Crippen molar-refractivity contribution in [1.29, 1.82) is 0 Å². The Morgan fingerprint density at radius 2 is 0.684 bits per heavy atom. The molecule has 114 valence electrons. The van der Waals surface area contributed by atoms with Crippen LogP contribution in [0.3, 0.4) is 0 Å². The molecule has 0 spiro atoms. The molecule has 0 aromatic heterocycles. The van der Waals surface area contributed by atoms with E-state index in [9.17, 15) is 0 Å². The van der Waals surface area contributed by atoms with Gasteiger partial charge in [0.25, 0.3) is 0 Å². The third-order valence-electron chi connectivity index (χ3n) is 2.94. The fourth-order valence-electron chi connectivity index (χ4n) is 1.66. The predicted molar refractivity (Wildman–Crippen MR) is 74.4 cm³/mol. The Morgan fingerprint density at radius 1 is 0.474 bits per heavy atom. The molecule has 19 heavy (non-hydrogen) atoms. The van der Waals surface area contributed by atoms with Crippen molar-refractivity contribution in [1.82, 2.24) is 0 Å². The minimum atomic E-state index is 0. The molecule has 0 rings (SSSR count). The van der Waals surface area contributed by atoms with Crippen LogP contribution in [0.1, 0.15) is 0 Å². The van der Waals surface area contributed by atoms with Crippen LogP contribution in [0, 0.1) is 0 Å². The molecule has 0 aliphatic heterocycles. The van der Waals surface area contributed by atoms with Gasteiger partial charge in [0.1, 0.15) is 39.3 Å². The second kappa shape index (κ2) is 17.6. The van der Waals surface area contributed by atoms with E-state index in [0.29, 0.717) is 0 Å². The van der Waals surface area contributed by atoms with Crippen molar-refractivity contribution in [2.45, 2.75) is 0 Å². The minimum Gasteiger partial charge on any atom is -1.00 e. The summed E-state index contributed by atoms with van der Waals surface area (Å²) < 4.78 is 0. The summed E-state index contributed by atoms with van der Waals surface area (Å²) in [6.45, 7) is 7.76. The Labute approximate surface area is 157 Å². The Kier molecular flexibility index (Phi) is 26.6. The van der Waals surface area contributed by atoms with Gasteiger partial charge in [-0.15, -0.1) is 0 Å². The largest absolute Gasteiger partial charge is 2.00 e. The molecule has 0 heterocycles. The van der Waals surface area contributed by atoms with E-state index in [1.165, 1.54) is 39.3 Å². The third-order valence-corrected chi connectivity index (χ3v) is 2.94. The molecule has 0 aliphatic rings. The van der Waals surface area contributed by atoms with Gasteiger partial charge in [-0.1, -0.05) is 0 Å². The molecule has 0 saturated carbocycles. The fraction of sp³-hybridized carbons (Fsp3) is 1.00. The molecule has 0 bridgehead atoms. The van der Waals surface area contributed by atoms with Crippen LogP contribution >= 0.6 is 0 Å². The zero-order valence-electron chi connectivity index (χ0n) is 13.7. The number of hydrogen-bond donors (Lipinski definition) is 4. The van der Waals surface area contributed by atoms with E-state index >= 15 is 0 Å². The van der Waals surface area contributed by atoms with Crippen molar-refractivity contribution < 1.29 is 53.6 Å². The van der Waals surface area contributed by atoms with E-state index in [0.717, 1.165) is 0 Å². The van der Waals surface area contributed by atoms with E-state index in [1.54, 1.807) is 19.6 Å². The van der Waals surface area contributed by atoms with Crippen LogP contribution < -0.4 is 53.6 Å². The van der Waals surface area contributed by atoms with E-state index < -0.39 is 0 Å². The second-order valence-corrected chi connectivity index (χ2v) is 5.87. The number of rotatable bonds is 9. The first-order valence-corrected chi connectivity index (χ1v) is 6.62. The van der Waals surface area contributed by atoms with Crippen LogP contribution in [0.25, 0.3) is 0 Å². The second-order valence-electron chi connectivity index (χ2n) is 5.87. The van der Waals surface area contributed by atoms with E-state index in [1.807, 2.05) is 0 Å². The molecule has 4 nitrogen and oxygen atoms in total. The maximum Gasteiger partial charge on any atom is 2.00 e. The van der Waals surface area contributed by atoms with Crippen LogP contribution in [0.2, 0.25) is 0 Å². The van der Waals surface area contributed by atoms with Crippen molar-refractivity contribution in [2.75, 3.05) is 81.6 Å². The summed E-state index contributed by atoms with van der Waals surface area (Å²) in [7, 11) is 13.5. The molecule has 0 unspecified atom stereocenters. The maximum absolute atomic E-state index is 2.24. The molecule has 4 N–H and O–H groups in total. The van der Waals surface area contributed by atoms with Crippen molar-refractivity contribution >= 4 is 23.1 Å². The Morgan fingerprint density at radius 3 is 0.842 bits per heavy atom. The van der Waals surface area contributed by atoms with Crippen LogP contribution in [0.4, 0.5) is 0 Å². The summed E-state index contributed by atoms with van der Waals surface area (Å²) in [6, 6.07) is 0. The molecule has 0 amide bonds. The quantitative estimate of drug-likeness (QED) is 0.267. The van der Waals surface area contributed by atoms with E-state index in [2.05, 4.69) is 42.3 Å². The van der Waals surface area contributed by atoms with Crippen LogP contribution in [0.5, 0.6) is 0 Å². The van der Waals surface area contributed by atoms with Crippen molar-refractivity contribution in [3.63, 3.8) is 0 Å². The first-order chi connectivity index (χ1) is 7.41. The zero-order chi connectivity index (χ0) is 12.6. The monoisotopic (exact) mass is 416 g/mol. The van der Waals surface area contributed by atoms with E-state index in [4.69, 9.17) is 0 Å². The Hall–Kier alpha value is 1.57. The maximum atomic E-state index is 2.24. The molecule has 0 saturated heterocycles. The average Bonchev–Trinajstić information content (AvgIpc) is 2.15. The predicted octanol–water partition coefficient (Wildman–Crippen LogP) is -12.1. The molecular weight excluding hydrogens is 384 g/mol. The van der Waals surface area contributed by atoms with Gasteiger partial charge in [-0.05, 0) is 0 Å². The van der Waals surface area contributed by atoms with Crippen molar-refractivity contribution in [2.24, 2.45) is 0 Å². The number of quaternary nitrogens is 4. The Balaban J connectivity index is -0.000000375. The molecule has 0 aliphatic carbocycles. The smallest absolute Gasteiger partial charge is 1.00 e. The number of halogens is 2. The number of hydrogen-bond acceptors (Lipinski definition) is 0. The molecule has 0 aromatic carbocycles. The molecule has 0 aromatic rings. The fourth-order valence-corrected chi connectivity index (χ4v) is 1.66. The minimum absolute atomic E-state index is 0. The first kappa shape index (κ1) is 28.7. The topological polar surface area (TPSA) is 17.8 Å². The average molecular weight is 419 g/mol. The van der Waals surface area contributed by atoms with Crippen LogP contribution in [-0.2, 0) is 0 Å². The standard InChI is InChI=1S/C12H30N4.2BrH.Mg/c1-13(2)7-10-16(11-8-14(3)4)12-9-15(5)6;;;/h7-12H2,1-6H3;2*1H;/q;;;+2/p+2. The molecule has 7 heteroatoms. The normalized spacial score (nSPS) is 10.4. The van der Waals surface area contributed by atoms with Gasteiger partial charge in [-0.3, -0.25) is 0 Å². The molecule has 0 fully saturated rings. The number of likely N-dealkylation sites (N-methyl/N-ethyl adjacent to an activating group) is 3. The summed E-state index contributed by atoms with van der Waals surface area (Å²) in [4.78, 5) is 6.45. The Bertz CT molecular complexity index is 143. The first-order valence-electron chi connectivity index (χ1n) is 6.62. The number of nitrogens with one attached hydrogen (secondary N) is 4.